The highest BCUT2D eigenvalue weighted by Gasteiger charge is 2.34. The van der Waals surface area contributed by atoms with E-state index in [1.807, 2.05) is 12.1 Å². The average Bonchev–Trinajstić information content (AvgIpc) is 2.98. The number of hydrogen-bond donors (Lipinski definition) is 3. The molecular weight excluding hydrogens is 393 g/mol. The van der Waals surface area contributed by atoms with E-state index >= 15 is 0 Å². The lowest BCUT2D eigenvalue weighted by Crippen LogP contribution is -2.42. The number of nitrogens with one attached hydrogen (secondary N) is 2. The van der Waals surface area contributed by atoms with Gasteiger partial charge in [0, 0.05) is 24.7 Å². The van der Waals surface area contributed by atoms with E-state index in [9.17, 15) is 14.7 Å². The zero-order chi connectivity index (χ0) is 18.7. The molecule has 3 rings (SSSR count). The molecule has 0 amide bonds. The number of carbonyl (C=O) groups is 1. The molecule has 0 saturated carbocycles. The maximum Gasteiger partial charge on any atom is 0.356 e. The maximum atomic E-state index is 12.0. The summed E-state index contributed by atoms with van der Waals surface area (Å²) < 4.78 is 4.97. The standard InChI is InChI=1S/C18H22ClN3O4.ClH/c1-2-26-16(23)15-14(20-17(24)21-15)11-22-9-7-18(25,8-10-22)12-3-5-13(19)6-4-12;/h3-6,25H,2,7-11H2,1H3,(H2,20,21,24);1H. The van der Waals surface area contributed by atoms with Crippen molar-refractivity contribution in [1.82, 2.24) is 14.9 Å². The molecule has 0 atom stereocenters. The molecule has 148 valence electrons. The Hall–Kier alpha value is -1.80. The largest absolute Gasteiger partial charge is 0.461 e. The Bertz CT molecular complexity index is 824. The van der Waals surface area contributed by atoms with Crippen LogP contribution in [-0.4, -0.2) is 45.6 Å². The van der Waals surface area contributed by atoms with Crippen LogP contribution in [0, 0.1) is 0 Å². The molecule has 9 heteroatoms. The molecule has 1 aliphatic heterocycles. The molecular formula is C18H23Cl2N3O4. The van der Waals surface area contributed by atoms with Crippen molar-refractivity contribution in [3.63, 3.8) is 0 Å². The van der Waals surface area contributed by atoms with Crippen molar-refractivity contribution in [2.24, 2.45) is 0 Å². The summed E-state index contributed by atoms with van der Waals surface area (Å²) >= 11 is 5.91. The number of halogens is 2. The second-order valence-corrected chi connectivity index (χ2v) is 6.90. The van der Waals surface area contributed by atoms with Crippen molar-refractivity contribution in [1.29, 1.82) is 0 Å². The molecule has 1 aliphatic rings. The molecule has 0 spiro atoms. The molecule has 0 aliphatic carbocycles. The van der Waals surface area contributed by atoms with E-state index in [1.165, 1.54) is 0 Å². The Kier molecular flexibility index (Phi) is 7.11. The number of H-pyrrole nitrogens is 2. The van der Waals surface area contributed by atoms with Crippen LogP contribution in [0.3, 0.4) is 0 Å². The number of rotatable bonds is 5. The molecule has 1 aromatic heterocycles. The highest BCUT2D eigenvalue weighted by molar-refractivity contribution is 6.30. The van der Waals surface area contributed by atoms with Gasteiger partial charge in [0.15, 0.2) is 0 Å². The lowest BCUT2D eigenvalue weighted by Gasteiger charge is -2.38. The predicted molar refractivity (Wildman–Crippen MR) is 104 cm³/mol. The summed E-state index contributed by atoms with van der Waals surface area (Å²) in [4.78, 5) is 30.8. The monoisotopic (exact) mass is 415 g/mol. The minimum Gasteiger partial charge on any atom is -0.461 e. The number of nitrogens with zero attached hydrogens (tertiary/aromatic N) is 1. The molecule has 2 heterocycles. The normalized spacial score (nSPS) is 16.6. The zero-order valence-corrected chi connectivity index (χ0v) is 16.5. The van der Waals surface area contributed by atoms with E-state index in [4.69, 9.17) is 16.3 Å². The molecule has 27 heavy (non-hydrogen) atoms. The topological polar surface area (TPSA) is 98.4 Å². The van der Waals surface area contributed by atoms with Gasteiger partial charge in [-0.05, 0) is 37.5 Å². The highest BCUT2D eigenvalue weighted by atomic mass is 35.5. The summed E-state index contributed by atoms with van der Waals surface area (Å²) in [6.07, 6.45) is 1.11. The number of esters is 1. The van der Waals surface area contributed by atoms with Crippen LogP contribution in [0.1, 0.15) is 41.5 Å². The van der Waals surface area contributed by atoms with E-state index in [1.54, 1.807) is 19.1 Å². The van der Waals surface area contributed by atoms with Gasteiger partial charge in [-0.1, -0.05) is 23.7 Å². The third kappa shape index (κ3) is 4.93. The quantitative estimate of drug-likeness (QED) is 0.651. The summed E-state index contributed by atoms with van der Waals surface area (Å²) in [6, 6.07) is 7.25. The number of piperidine rings is 1. The van der Waals surface area contributed by atoms with Crippen LogP contribution in [0.4, 0.5) is 0 Å². The minimum atomic E-state index is -0.892. The van der Waals surface area contributed by atoms with Crippen LogP contribution in [0.25, 0.3) is 0 Å². The fourth-order valence-electron chi connectivity index (χ4n) is 3.27. The van der Waals surface area contributed by atoms with Crippen molar-refractivity contribution >= 4 is 30.0 Å². The van der Waals surface area contributed by atoms with Crippen LogP contribution in [0.2, 0.25) is 5.02 Å². The van der Waals surface area contributed by atoms with Crippen molar-refractivity contribution in [3.8, 4) is 0 Å². The smallest absolute Gasteiger partial charge is 0.356 e. The number of likely N-dealkylation sites (tertiary alicyclic amines) is 1. The van der Waals surface area contributed by atoms with Gasteiger partial charge in [-0.3, -0.25) is 9.88 Å². The van der Waals surface area contributed by atoms with Gasteiger partial charge in [-0.2, -0.15) is 0 Å². The average molecular weight is 416 g/mol. The molecule has 3 N–H and O–H groups in total. The molecule has 2 aromatic rings. The molecule has 0 bridgehead atoms. The van der Waals surface area contributed by atoms with Crippen molar-refractivity contribution in [3.05, 3.63) is 56.7 Å². The van der Waals surface area contributed by atoms with Crippen LogP contribution >= 0.6 is 24.0 Å². The van der Waals surface area contributed by atoms with Gasteiger partial charge in [0.1, 0.15) is 5.69 Å². The summed E-state index contributed by atoms with van der Waals surface area (Å²) in [7, 11) is 0. The first kappa shape index (κ1) is 21.5. The van der Waals surface area contributed by atoms with Crippen molar-refractivity contribution in [2.75, 3.05) is 19.7 Å². The second-order valence-electron chi connectivity index (χ2n) is 6.47. The zero-order valence-electron chi connectivity index (χ0n) is 15.0. The Labute approximate surface area is 168 Å². The molecule has 1 saturated heterocycles. The van der Waals surface area contributed by atoms with E-state index in [2.05, 4.69) is 14.9 Å². The summed E-state index contributed by atoms with van der Waals surface area (Å²) in [5, 5.41) is 11.6. The lowest BCUT2D eigenvalue weighted by molar-refractivity contribution is -0.0280. The first-order valence-corrected chi connectivity index (χ1v) is 8.98. The van der Waals surface area contributed by atoms with Gasteiger partial charge in [0.05, 0.1) is 17.9 Å². The SMILES string of the molecule is CCOC(=O)c1[nH]c(=O)[nH]c1CN1CCC(O)(c2ccc(Cl)cc2)CC1.Cl. The number of benzene rings is 1. The summed E-state index contributed by atoms with van der Waals surface area (Å²) in [5.41, 5.74) is 0.193. The molecule has 1 fully saturated rings. The Morgan fingerprint density at radius 3 is 2.48 bits per heavy atom. The fraction of sp³-hybridized carbons (Fsp3) is 0.444. The van der Waals surface area contributed by atoms with Crippen LogP contribution < -0.4 is 5.69 Å². The fourth-order valence-corrected chi connectivity index (χ4v) is 3.40. The Morgan fingerprint density at radius 2 is 1.89 bits per heavy atom. The number of aromatic nitrogens is 2. The highest BCUT2D eigenvalue weighted by Crippen LogP contribution is 2.33. The van der Waals surface area contributed by atoms with Gasteiger partial charge in [0.25, 0.3) is 0 Å². The molecule has 0 unspecified atom stereocenters. The summed E-state index contributed by atoms with van der Waals surface area (Å²) in [5.74, 6) is -0.546. The minimum absolute atomic E-state index is 0. The lowest BCUT2D eigenvalue weighted by atomic mass is 9.84. The maximum absolute atomic E-state index is 12.0. The third-order valence-corrected chi connectivity index (χ3v) is 4.98. The van der Waals surface area contributed by atoms with Gasteiger partial charge in [-0.25, -0.2) is 9.59 Å². The van der Waals surface area contributed by atoms with Crippen LogP contribution in [0.15, 0.2) is 29.1 Å². The van der Waals surface area contributed by atoms with E-state index < -0.39 is 17.3 Å². The molecule has 0 radical (unpaired) electrons. The summed E-state index contributed by atoms with van der Waals surface area (Å²) in [6.45, 7) is 3.63. The van der Waals surface area contributed by atoms with Crippen molar-refractivity contribution in [2.45, 2.75) is 31.9 Å². The first-order chi connectivity index (χ1) is 12.4. The number of aliphatic hydroxyl groups is 1. The van der Waals surface area contributed by atoms with E-state index in [0.29, 0.717) is 43.2 Å². The number of imidazole rings is 1. The van der Waals surface area contributed by atoms with Crippen LogP contribution in [-0.2, 0) is 16.9 Å². The number of ether oxygens (including phenoxy) is 1. The first-order valence-electron chi connectivity index (χ1n) is 8.60. The van der Waals surface area contributed by atoms with Gasteiger partial charge in [0.2, 0.25) is 0 Å². The number of carbonyl (C=O) groups excluding carboxylic acids is 1. The van der Waals surface area contributed by atoms with Crippen LogP contribution in [0.5, 0.6) is 0 Å². The van der Waals surface area contributed by atoms with Gasteiger partial charge in [-0.15, -0.1) is 12.4 Å². The van der Waals surface area contributed by atoms with E-state index in [0.717, 1.165) is 5.56 Å². The molecule has 1 aromatic carbocycles. The second kappa shape index (κ2) is 8.93. The van der Waals surface area contributed by atoms with Gasteiger partial charge < -0.3 is 14.8 Å². The Morgan fingerprint density at radius 1 is 1.26 bits per heavy atom. The van der Waals surface area contributed by atoms with E-state index in [-0.39, 0.29) is 24.7 Å². The number of hydrogen-bond acceptors (Lipinski definition) is 5. The Balaban J connectivity index is 0.00000261. The van der Waals surface area contributed by atoms with Crippen molar-refractivity contribution < 1.29 is 14.6 Å². The molecule has 7 nitrogen and oxygen atoms in total. The third-order valence-electron chi connectivity index (χ3n) is 4.73. The predicted octanol–water partition coefficient (Wildman–Crippen LogP) is 2.44. The number of aromatic amines is 2. The van der Waals surface area contributed by atoms with Gasteiger partial charge >= 0.3 is 11.7 Å².